The number of benzene rings is 2. The summed E-state index contributed by atoms with van der Waals surface area (Å²) in [7, 11) is 0. The predicted molar refractivity (Wildman–Crippen MR) is 131 cm³/mol. The summed E-state index contributed by atoms with van der Waals surface area (Å²) >= 11 is 1.76. The molecule has 0 heterocycles. The molecular formula is C26H36N2O2S. The average Bonchev–Trinajstić information content (AvgIpc) is 2.78. The number of carbonyl (C=O) groups is 2. The molecule has 2 aromatic carbocycles. The van der Waals surface area contributed by atoms with E-state index in [1.807, 2.05) is 43.3 Å². The minimum Gasteiger partial charge on any atom is -0.354 e. The molecule has 0 bridgehead atoms. The standard InChI is InChI=1S/C26H36N2O2S/c1-4-6-17-27-26(30)24(5-2)28(19-23-15-11-10-12-21(23)3)25(29)16-18-31-20-22-13-8-7-9-14-22/h7-15,24H,4-6,16-20H2,1-3H3,(H,27,30). The van der Waals surface area contributed by atoms with Crippen molar-refractivity contribution < 1.29 is 9.59 Å². The Hall–Kier alpha value is -2.27. The van der Waals surface area contributed by atoms with Crippen LogP contribution in [0.2, 0.25) is 0 Å². The van der Waals surface area contributed by atoms with Gasteiger partial charge in [0.2, 0.25) is 11.8 Å². The summed E-state index contributed by atoms with van der Waals surface area (Å²) in [5.41, 5.74) is 3.49. The maximum Gasteiger partial charge on any atom is 0.242 e. The third-order valence-corrected chi connectivity index (χ3v) is 6.42. The molecule has 2 rings (SSSR count). The smallest absolute Gasteiger partial charge is 0.242 e. The van der Waals surface area contributed by atoms with Crippen molar-refractivity contribution in [1.29, 1.82) is 0 Å². The molecule has 1 atom stereocenters. The van der Waals surface area contributed by atoms with Crippen LogP contribution in [0.5, 0.6) is 0 Å². The monoisotopic (exact) mass is 440 g/mol. The van der Waals surface area contributed by atoms with Crippen molar-refractivity contribution in [2.24, 2.45) is 0 Å². The molecule has 0 radical (unpaired) electrons. The number of rotatable bonds is 13. The van der Waals surface area contributed by atoms with Crippen LogP contribution in [0.4, 0.5) is 0 Å². The lowest BCUT2D eigenvalue weighted by Gasteiger charge is -2.31. The van der Waals surface area contributed by atoms with Crippen LogP contribution in [-0.4, -0.2) is 35.1 Å². The van der Waals surface area contributed by atoms with Gasteiger partial charge < -0.3 is 10.2 Å². The van der Waals surface area contributed by atoms with Gasteiger partial charge in [0.15, 0.2) is 0 Å². The molecular weight excluding hydrogens is 404 g/mol. The summed E-state index contributed by atoms with van der Waals surface area (Å²) in [6.07, 6.45) is 3.01. The number of amides is 2. The number of thioether (sulfide) groups is 1. The zero-order chi connectivity index (χ0) is 22.5. The van der Waals surface area contributed by atoms with Gasteiger partial charge in [-0.2, -0.15) is 11.8 Å². The first-order valence-electron chi connectivity index (χ1n) is 11.3. The number of hydrogen-bond acceptors (Lipinski definition) is 3. The van der Waals surface area contributed by atoms with Crippen molar-refractivity contribution in [3.63, 3.8) is 0 Å². The molecule has 0 saturated heterocycles. The molecule has 5 heteroatoms. The second-order valence-corrected chi connectivity index (χ2v) is 8.91. The van der Waals surface area contributed by atoms with Gasteiger partial charge >= 0.3 is 0 Å². The molecule has 1 unspecified atom stereocenters. The van der Waals surface area contributed by atoms with Crippen LogP contribution < -0.4 is 5.32 Å². The zero-order valence-corrected chi connectivity index (χ0v) is 19.9. The fourth-order valence-electron chi connectivity index (χ4n) is 3.46. The van der Waals surface area contributed by atoms with Crippen LogP contribution in [0.25, 0.3) is 0 Å². The third kappa shape index (κ3) is 8.41. The van der Waals surface area contributed by atoms with Gasteiger partial charge in [-0.15, -0.1) is 0 Å². The van der Waals surface area contributed by atoms with Crippen LogP contribution in [0.3, 0.4) is 0 Å². The van der Waals surface area contributed by atoms with Gasteiger partial charge in [0.05, 0.1) is 0 Å². The van der Waals surface area contributed by atoms with E-state index in [4.69, 9.17) is 0 Å². The summed E-state index contributed by atoms with van der Waals surface area (Å²) in [5, 5.41) is 3.02. The summed E-state index contributed by atoms with van der Waals surface area (Å²) in [4.78, 5) is 27.9. The molecule has 0 aliphatic carbocycles. The lowest BCUT2D eigenvalue weighted by atomic mass is 10.1. The summed E-state index contributed by atoms with van der Waals surface area (Å²) in [6, 6.07) is 17.9. The third-order valence-electron chi connectivity index (χ3n) is 5.39. The van der Waals surface area contributed by atoms with E-state index >= 15 is 0 Å². The molecule has 0 fully saturated rings. The molecule has 0 saturated carbocycles. The normalized spacial score (nSPS) is 11.7. The van der Waals surface area contributed by atoms with Gasteiger partial charge in [-0.3, -0.25) is 9.59 Å². The molecule has 168 valence electrons. The molecule has 1 N–H and O–H groups in total. The van der Waals surface area contributed by atoms with E-state index in [-0.39, 0.29) is 11.8 Å². The SMILES string of the molecule is CCCCNC(=O)C(CC)N(Cc1ccccc1C)C(=O)CCSCc1ccccc1. The van der Waals surface area contributed by atoms with Gasteiger partial charge in [0.25, 0.3) is 0 Å². The molecule has 2 amide bonds. The second-order valence-electron chi connectivity index (χ2n) is 7.80. The molecule has 4 nitrogen and oxygen atoms in total. The number of aryl methyl sites for hydroxylation is 1. The Labute approximate surface area is 191 Å². The molecule has 0 aliphatic heterocycles. The van der Waals surface area contributed by atoms with Crippen molar-refractivity contribution in [2.45, 2.75) is 64.8 Å². The van der Waals surface area contributed by atoms with E-state index < -0.39 is 6.04 Å². The molecule has 0 aromatic heterocycles. The Bertz CT molecular complexity index is 810. The maximum atomic E-state index is 13.2. The molecule has 31 heavy (non-hydrogen) atoms. The van der Waals surface area contributed by atoms with Crippen LogP contribution in [0, 0.1) is 6.92 Å². The number of nitrogens with one attached hydrogen (secondary N) is 1. The van der Waals surface area contributed by atoms with Crippen molar-refractivity contribution in [2.75, 3.05) is 12.3 Å². The Morgan fingerprint density at radius 3 is 2.42 bits per heavy atom. The van der Waals surface area contributed by atoms with Crippen molar-refractivity contribution in [3.05, 3.63) is 71.3 Å². The van der Waals surface area contributed by atoms with Gasteiger partial charge in [0, 0.05) is 31.0 Å². The Balaban J connectivity index is 2.05. The van der Waals surface area contributed by atoms with Crippen LogP contribution in [0.15, 0.2) is 54.6 Å². The molecule has 0 spiro atoms. The minimum atomic E-state index is -0.442. The second kappa shape index (κ2) is 13.9. The zero-order valence-electron chi connectivity index (χ0n) is 19.1. The highest BCUT2D eigenvalue weighted by molar-refractivity contribution is 7.98. The van der Waals surface area contributed by atoms with E-state index in [0.717, 1.165) is 35.5 Å². The average molecular weight is 441 g/mol. The fraction of sp³-hybridized carbons (Fsp3) is 0.462. The van der Waals surface area contributed by atoms with Crippen molar-refractivity contribution in [3.8, 4) is 0 Å². The quantitative estimate of drug-likeness (QED) is 0.428. The summed E-state index contributed by atoms with van der Waals surface area (Å²) in [5.74, 6) is 1.63. The lowest BCUT2D eigenvalue weighted by molar-refractivity contribution is -0.141. The van der Waals surface area contributed by atoms with Gasteiger partial charge in [-0.25, -0.2) is 0 Å². The number of nitrogens with zero attached hydrogens (tertiary/aromatic N) is 1. The highest BCUT2D eigenvalue weighted by atomic mass is 32.2. The topological polar surface area (TPSA) is 49.4 Å². The Morgan fingerprint density at radius 2 is 1.74 bits per heavy atom. The van der Waals surface area contributed by atoms with Crippen LogP contribution in [-0.2, 0) is 21.9 Å². The lowest BCUT2D eigenvalue weighted by Crippen LogP contribution is -2.49. The van der Waals surface area contributed by atoms with E-state index in [0.29, 0.717) is 25.9 Å². The highest BCUT2D eigenvalue weighted by Gasteiger charge is 2.28. The van der Waals surface area contributed by atoms with Crippen molar-refractivity contribution in [1.82, 2.24) is 10.2 Å². The first-order chi connectivity index (χ1) is 15.1. The largest absolute Gasteiger partial charge is 0.354 e. The maximum absolute atomic E-state index is 13.2. The summed E-state index contributed by atoms with van der Waals surface area (Å²) < 4.78 is 0. The Morgan fingerprint density at radius 1 is 1.03 bits per heavy atom. The fourth-order valence-corrected chi connectivity index (χ4v) is 4.36. The van der Waals surface area contributed by atoms with Crippen LogP contribution >= 0.6 is 11.8 Å². The number of hydrogen-bond donors (Lipinski definition) is 1. The summed E-state index contributed by atoms with van der Waals surface area (Å²) in [6.45, 7) is 7.26. The van der Waals surface area contributed by atoms with Crippen molar-refractivity contribution >= 4 is 23.6 Å². The first-order valence-corrected chi connectivity index (χ1v) is 12.5. The predicted octanol–water partition coefficient (Wildman–Crippen LogP) is 5.34. The van der Waals surface area contributed by atoms with Gasteiger partial charge in [-0.05, 0) is 36.5 Å². The van der Waals surface area contributed by atoms with E-state index in [9.17, 15) is 9.59 Å². The first kappa shape index (κ1) is 25.0. The van der Waals surface area contributed by atoms with Gasteiger partial charge in [-0.1, -0.05) is 74.9 Å². The highest BCUT2D eigenvalue weighted by Crippen LogP contribution is 2.18. The minimum absolute atomic E-state index is 0.0429. The van der Waals surface area contributed by atoms with E-state index in [2.05, 4.69) is 37.4 Å². The number of unbranched alkanes of at least 4 members (excludes halogenated alkanes) is 1. The Kier molecular flexibility index (Phi) is 11.2. The van der Waals surface area contributed by atoms with E-state index in [1.54, 1.807) is 16.7 Å². The number of carbonyl (C=O) groups excluding carboxylic acids is 2. The molecule has 0 aliphatic rings. The van der Waals surface area contributed by atoms with Crippen LogP contribution in [0.1, 0.15) is 56.2 Å². The van der Waals surface area contributed by atoms with Gasteiger partial charge in [0.1, 0.15) is 6.04 Å². The molecule has 2 aromatic rings. The van der Waals surface area contributed by atoms with E-state index in [1.165, 1.54) is 5.56 Å².